The molecule has 6 heteroatoms. The van der Waals surface area contributed by atoms with Crippen LogP contribution >= 0.6 is 0 Å². The second-order valence-corrected chi connectivity index (χ2v) is 4.62. The first-order chi connectivity index (χ1) is 6.94. The van der Waals surface area contributed by atoms with Crippen molar-refractivity contribution in [3.63, 3.8) is 0 Å². The maximum atomic E-state index is 10.9. The molecule has 1 aromatic rings. The Morgan fingerprint density at radius 1 is 1.47 bits per heavy atom. The molecule has 0 atom stereocenters. The topological polar surface area (TPSA) is 89.6 Å². The molecule has 0 amide bonds. The van der Waals surface area contributed by atoms with Crippen molar-refractivity contribution in [2.75, 3.05) is 6.61 Å². The Bertz CT molecular complexity index is 441. The first-order valence-electron chi connectivity index (χ1n) is 4.38. The number of para-hydroxylation sites is 1. The minimum Gasteiger partial charge on any atom is -0.504 e. The van der Waals surface area contributed by atoms with Crippen LogP contribution in [-0.2, 0) is 15.8 Å². The van der Waals surface area contributed by atoms with Gasteiger partial charge in [-0.25, -0.2) is 13.6 Å². The van der Waals surface area contributed by atoms with Crippen molar-refractivity contribution in [1.29, 1.82) is 0 Å². The van der Waals surface area contributed by atoms with Gasteiger partial charge in [0.05, 0.1) is 12.4 Å². The number of phenols is 1. The van der Waals surface area contributed by atoms with Crippen LogP contribution in [0.25, 0.3) is 0 Å². The molecule has 0 radical (unpaired) electrons. The summed E-state index contributed by atoms with van der Waals surface area (Å²) in [5.74, 6) is -0.261. The summed E-state index contributed by atoms with van der Waals surface area (Å²) in [6.07, 6.45) is 0. The minimum absolute atomic E-state index is 0.0852. The fourth-order valence-corrected chi connectivity index (χ4v) is 1.87. The predicted molar refractivity (Wildman–Crippen MR) is 56.1 cm³/mol. The largest absolute Gasteiger partial charge is 0.504 e. The van der Waals surface area contributed by atoms with E-state index in [4.69, 9.17) is 9.88 Å². The van der Waals surface area contributed by atoms with E-state index in [2.05, 4.69) is 0 Å². The van der Waals surface area contributed by atoms with E-state index in [1.165, 1.54) is 6.07 Å². The number of benzene rings is 1. The highest BCUT2D eigenvalue weighted by Gasteiger charge is 2.13. The van der Waals surface area contributed by atoms with E-state index in [1.54, 1.807) is 19.1 Å². The van der Waals surface area contributed by atoms with Gasteiger partial charge in [-0.2, -0.15) is 0 Å². The van der Waals surface area contributed by atoms with Gasteiger partial charge in [0.15, 0.2) is 11.5 Å². The highest BCUT2D eigenvalue weighted by Crippen LogP contribution is 2.30. The molecule has 0 saturated carbocycles. The number of primary sulfonamides is 1. The Balaban J connectivity index is 3.11. The Morgan fingerprint density at radius 2 is 2.13 bits per heavy atom. The van der Waals surface area contributed by atoms with Gasteiger partial charge in [-0.05, 0) is 13.0 Å². The summed E-state index contributed by atoms with van der Waals surface area (Å²) >= 11 is 0. The van der Waals surface area contributed by atoms with Crippen LogP contribution in [0.2, 0.25) is 0 Å². The normalized spacial score (nSPS) is 11.3. The van der Waals surface area contributed by atoms with Crippen LogP contribution in [0.5, 0.6) is 11.5 Å². The number of sulfonamides is 1. The van der Waals surface area contributed by atoms with Gasteiger partial charge < -0.3 is 9.84 Å². The number of aromatic hydroxyl groups is 1. The average Bonchev–Trinajstić information content (AvgIpc) is 2.08. The van der Waals surface area contributed by atoms with Gasteiger partial charge in [0.1, 0.15) is 0 Å². The van der Waals surface area contributed by atoms with Gasteiger partial charge >= 0.3 is 0 Å². The van der Waals surface area contributed by atoms with Crippen molar-refractivity contribution >= 4 is 10.0 Å². The van der Waals surface area contributed by atoms with Crippen molar-refractivity contribution < 1.29 is 18.3 Å². The highest BCUT2D eigenvalue weighted by molar-refractivity contribution is 7.88. The van der Waals surface area contributed by atoms with E-state index in [1.807, 2.05) is 0 Å². The summed E-state index contributed by atoms with van der Waals surface area (Å²) in [6.45, 7) is 2.09. The van der Waals surface area contributed by atoms with Crippen LogP contribution < -0.4 is 9.88 Å². The number of ether oxygens (including phenoxy) is 1. The number of nitrogens with two attached hydrogens (primary N) is 1. The Hall–Kier alpha value is -1.27. The van der Waals surface area contributed by atoms with E-state index in [9.17, 15) is 13.5 Å². The van der Waals surface area contributed by atoms with Gasteiger partial charge in [0.2, 0.25) is 10.0 Å². The molecule has 0 fully saturated rings. The van der Waals surface area contributed by atoms with Gasteiger partial charge in [-0.15, -0.1) is 0 Å². The molecule has 1 rings (SSSR count). The van der Waals surface area contributed by atoms with Crippen molar-refractivity contribution in [3.8, 4) is 11.5 Å². The standard InChI is InChI=1S/C9H13NO4S/c1-2-14-9-7(6-15(10,12)13)4-3-5-8(9)11/h3-5,11H,2,6H2,1H3,(H2,10,12,13). The Morgan fingerprint density at radius 3 is 2.67 bits per heavy atom. The average molecular weight is 231 g/mol. The van der Waals surface area contributed by atoms with Crippen LogP contribution in [0.15, 0.2) is 18.2 Å². The first kappa shape index (κ1) is 11.8. The molecular formula is C9H13NO4S. The lowest BCUT2D eigenvalue weighted by molar-refractivity contribution is 0.315. The van der Waals surface area contributed by atoms with E-state index in [-0.39, 0.29) is 17.3 Å². The quantitative estimate of drug-likeness (QED) is 0.793. The summed E-state index contributed by atoms with van der Waals surface area (Å²) in [4.78, 5) is 0. The number of hydrogen-bond acceptors (Lipinski definition) is 4. The zero-order chi connectivity index (χ0) is 11.5. The second-order valence-electron chi connectivity index (χ2n) is 3.01. The third kappa shape index (κ3) is 3.41. The summed E-state index contributed by atoms with van der Waals surface area (Å²) in [6, 6.07) is 4.52. The van der Waals surface area contributed by atoms with Gasteiger partial charge in [0.25, 0.3) is 0 Å². The minimum atomic E-state index is -3.63. The molecule has 0 saturated heterocycles. The lowest BCUT2D eigenvalue weighted by atomic mass is 10.2. The van der Waals surface area contributed by atoms with Crippen LogP contribution in [0, 0.1) is 0 Å². The van der Waals surface area contributed by atoms with E-state index < -0.39 is 10.0 Å². The molecule has 0 unspecified atom stereocenters. The van der Waals surface area contributed by atoms with Crippen molar-refractivity contribution in [3.05, 3.63) is 23.8 Å². The predicted octanol–water partition coefficient (Wildman–Crippen LogP) is 0.579. The molecule has 0 aliphatic rings. The monoisotopic (exact) mass is 231 g/mol. The van der Waals surface area contributed by atoms with E-state index >= 15 is 0 Å². The Labute approximate surface area is 88.5 Å². The van der Waals surface area contributed by atoms with Crippen molar-refractivity contribution in [2.45, 2.75) is 12.7 Å². The molecule has 84 valence electrons. The number of phenolic OH excluding ortho intramolecular Hbond substituents is 1. The van der Waals surface area contributed by atoms with Gasteiger partial charge in [-0.3, -0.25) is 0 Å². The lowest BCUT2D eigenvalue weighted by Crippen LogP contribution is -2.15. The molecule has 1 aromatic carbocycles. The molecule has 0 spiro atoms. The summed E-state index contributed by atoms with van der Waals surface area (Å²) in [7, 11) is -3.63. The maximum absolute atomic E-state index is 10.9. The second kappa shape index (κ2) is 4.50. The van der Waals surface area contributed by atoms with Crippen LogP contribution in [0.1, 0.15) is 12.5 Å². The van der Waals surface area contributed by atoms with Crippen molar-refractivity contribution in [1.82, 2.24) is 0 Å². The molecule has 15 heavy (non-hydrogen) atoms. The zero-order valence-corrected chi connectivity index (χ0v) is 9.12. The molecule has 3 N–H and O–H groups in total. The fourth-order valence-electron chi connectivity index (χ4n) is 1.21. The van der Waals surface area contributed by atoms with Gasteiger partial charge in [0, 0.05) is 5.56 Å². The third-order valence-electron chi connectivity index (χ3n) is 1.72. The summed E-state index contributed by atoms with van der Waals surface area (Å²) in [5, 5.41) is 14.4. The van der Waals surface area contributed by atoms with Crippen LogP contribution in [0.4, 0.5) is 0 Å². The molecule has 0 aliphatic heterocycles. The van der Waals surface area contributed by atoms with Crippen molar-refractivity contribution in [2.24, 2.45) is 5.14 Å². The van der Waals surface area contributed by atoms with E-state index in [0.29, 0.717) is 12.2 Å². The number of rotatable bonds is 4. The number of hydrogen-bond donors (Lipinski definition) is 2. The van der Waals surface area contributed by atoms with Gasteiger partial charge in [-0.1, -0.05) is 12.1 Å². The molecular weight excluding hydrogens is 218 g/mol. The smallest absolute Gasteiger partial charge is 0.213 e. The molecule has 0 heterocycles. The Kier molecular flexibility index (Phi) is 3.54. The lowest BCUT2D eigenvalue weighted by Gasteiger charge is -2.10. The summed E-state index contributed by atoms with van der Waals surface area (Å²) in [5.41, 5.74) is 0.361. The molecule has 0 aromatic heterocycles. The highest BCUT2D eigenvalue weighted by atomic mass is 32.2. The molecule has 5 nitrogen and oxygen atoms in total. The molecule has 0 aliphatic carbocycles. The van der Waals surface area contributed by atoms with E-state index in [0.717, 1.165) is 0 Å². The van der Waals surface area contributed by atoms with Crippen LogP contribution in [-0.4, -0.2) is 20.1 Å². The summed E-state index contributed by atoms with van der Waals surface area (Å²) < 4.78 is 27.0. The zero-order valence-electron chi connectivity index (χ0n) is 8.30. The third-order valence-corrected chi connectivity index (χ3v) is 2.43. The SMILES string of the molecule is CCOc1c(O)cccc1CS(N)(=O)=O. The first-order valence-corrected chi connectivity index (χ1v) is 6.09. The molecule has 0 bridgehead atoms. The van der Waals surface area contributed by atoms with Crippen LogP contribution in [0.3, 0.4) is 0 Å². The fraction of sp³-hybridized carbons (Fsp3) is 0.333. The maximum Gasteiger partial charge on any atom is 0.213 e.